The first-order valence-corrected chi connectivity index (χ1v) is 6.38. The van der Waals surface area contributed by atoms with Crippen LogP contribution in [-0.4, -0.2) is 6.04 Å². The zero-order chi connectivity index (χ0) is 12.1. The summed E-state index contributed by atoms with van der Waals surface area (Å²) in [6, 6.07) is 5.26. The Kier molecular flexibility index (Phi) is 5.01. The fourth-order valence-electron chi connectivity index (χ4n) is 2.04. The monoisotopic (exact) mass is 219 g/mol. The third-order valence-corrected chi connectivity index (χ3v) is 3.52. The van der Waals surface area contributed by atoms with Crippen LogP contribution in [0.15, 0.2) is 12.1 Å². The van der Waals surface area contributed by atoms with Gasteiger partial charge in [-0.2, -0.15) is 0 Å². The zero-order valence-electron chi connectivity index (χ0n) is 11.4. The van der Waals surface area contributed by atoms with E-state index in [-0.39, 0.29) is 0 Å². The van der Waals surface area contributed by atoms with Gasteiger partial charge in [0, 0.05) is 12.6 Å². The van der Waals surface area contributed by atoms with Gasteiger partial charge < -0.3 is 5.32 Å². The maximum Gasteiger partial charge on any atom is 0.0210 e. The maximum atomic E-state index is 3.62. The van der Waals surface area contributed by atoms with Crippen molar-refractivity contribution in [1.82, 2.24) is 5.32 Å². The summed E-state index contributed by atoms with van der Waals surface area (Å²) < 4.78 is 0. The highest BCUT2D eigenvalue weighted by atomic mass is 14.9. The Balaban J connectivity index is 2.70. The van der Waals surface area contributed by atoms with Crippen molar-refractivity contribution in [2.24, 2.45) is 0 Å². The zero-order valence-corrected chi connectivity index (χ0v) is 11.4. The lowest BCUT2D eigenvalue weighted by Crippen LogP contribution is -2.27. The number of benzene rings is 1. The molecule has 0 aliphatic rings. The van der Waals surface area contributed by atoms with Gasteiger partial charge in [0.25, 0.3) is 0 Å². The molecule has 0 bridgehead atoms. The molecule has 0 saturated heterocycles. The third kappa shape index (κ3) is 3.34. The molecular weight excluding hydrogens is 194 g/mol. The molecule has 0 aliphatic heterocycles. The van der Waals surface area contributed by atoms with Gasteiger partial charge in [0.15, 0.2) is 0 Å². The number of hydrogen-bond acceptors (Lipinski definition) is 1. The van der Waals surface area contributed by atoms with Crippen LogP contribution in [0.25, 0.3) is 0 Å². The molecule has 0 aromatic heterocycles. The average molecular weight is 219 g/mol. The lowest BCUT2D eigenvalue weighted by atomic mass is 10.0. The van der Waals surface area contributed by atoms with Crippen molar-refractivity contribution in [1.29, 1.82) is 0 Å². The summed E-state index contributed by atoms with van der Waals surface area (Å²) in [5.41, 5.74) is 5.63. The largest absolute Gasteiger partial charge is 0.310 e. The molecule has 16 heavy (non-hydrogen) atoms. The van der Waals surface area contributed by atoms with Crippen LogP contribution < -0.4 is 5.32 Å². The molecule has 0 unspecified atom stereocenters. The number of hydrogen-bond donors (Lipinski definition) is 1. The van der Waals surface area contributed by atoms with Crippen LogP contribution in [0.5, 0.6) is 0 Å². The van der Waals surface area contributed by atoms with Gasteiger partial charge >= 0.3 is 0 Å². The molecule has 0 spiro atoms. The van der Waals surface area contributed by atoms with E-state index >= 15 is 0 Å². The molecule has 0 fully saturated rings. The van der Waals surface area contributed by atoms with Gasteiger partial charge in [0.05, 0.1) is 0 Å². The molecule has 1 rings (SSSR count). The highest BCUT2D eigenvalue weighted by Crippen LogP contribution is 2.15. The quantitative estimate of drug-likeness (QED) is 0.792. The Morgan fingerprint density at radius 3 is 2.06 bits per heavy atom. The first kappa shape index (κ1) is 13.2. The minimum atomic E-state index is 0.654. The predicted octanol–water partition coefficient (Wildman–Crippen LogP) is 3.89. The van der Waals surface area contributed by atoms with Gasteiger partial charge in [-0.1, -0.05) is 26.0 Å². The van der Waals surface area contributed by atoms with Crippen LogP contribution in [0, 0.1) is 20.8 Å². The number of aryl methyl sites for hydroxylation is 3. The van der Waals surface area contributed by atoms with Gasteiger partial charge in [0.1, 0.15) is 0 Å². The van der Waals surface area contributed by atoms with Crippen molar-refractivity contribution in [3.05, 3.63) is 34.4 Å². The second-order valence-corrected chi connectivity index (χ2v) is 4.76. The summed E-state index contributed by atoms with van der Waals surface area (Å²) in [5, 5.41) is 3.62. The van der Waals surface area contributed by atoms with Crippen LogP contribution >= 0.6 is 0 Å². The first-order valence-electron chi connectivity index (χ1n) is 6.38. The Morgan fingerprint density at radius 2 is 1.50 bits per heavy atom. The van der Waals surface area contributed by atoms with E-state index in [4.69, 9.17) is 0 Å². The van der Waals surface area contributed by atoms with Crippen LogP contribution in [0.1, 0.15) is 48.9 Å². The van der Waals surface area contributed by atoms with Gasteiger partial charge in [-0.3, -0.25) is 0 Å². The number of nitrogens with one attached hydrogen (secondary N) is 1. The van der Waals surface area contributed by atoms with Crippen LogP contribution in [0.2, 0.25) is 0 Å². The van der Waals surface area contributed by atoms with Crippen LogP contribution in [0.3, 0.4) is 0 Å². The highest BCUT2D eigenvalue weighted by molar-refractivity contribution is 5.36. The standard InChI is InChI=1S/C15H25N/c1-6-15(7-2)16-10-14-9-12(4)11(3)8-13(14)5/h8-9,15-16H,6-7,10H2,1-5H3. The molecule has 0 saturated carbocycles. The van der Waals surface area contributed by atoms with Crippen molar-refractivity contribution in [3.8, 4) is 0 Å². The maximum absolute atomic E-state index is 3.62. The smallest absolute Gasteiger partial charge is 0.0210 e. The summed E-state index contributed by atoms with van der Waals surface area (Å²) in [7, 11) is 0. The SMILES string of the molecule is CCC(CC)NCc1cc(C)c(C)cc1C. The van der Waals surface area contributed by atoms with E-state index in [2.05, 4.69) is 52.1 Å². The van der Waals surface area contributed by atoms with Crippen molar-refractivity contribution < 1.29 is 0 Å². The van der Waals surface area contributed by atoms with Crippen molar-refractivity contribution in [3.63, 3.8) is 0 Å². The molecule has 1 aromatic rings. The molecule has 0 radical (unpaired) electrons. The summed E-state index contributed by atoms with van der Waals surface area (Å²) in [6.45, 7) is 12.1. The molecule has 0 heterocycles. The van der Waals surface area contributed by atoms with Crippen molar-refractivity contribution >= 4 is 0 Å². The Hall–Kier alpha value is -0.820. The highest BCUT2D eigenvalue weighted by Gasteiger charge is 2.05. The van der Waals surface area contributed by atoms with E-state index in [1.165, 1.54) is 35.1 Å². The molecule has 0 aliphatic carbocycles. The van der Waals surface area contributed by atoms with Gasteiger partial charge in [-0.15, -0.1) is 0 Å². The third-order valence-electron chi connectivity index (χ3n) is 3.52. The summed E-state index contributed by atoms with van der Waals surface area (Å²) >= 11 is 0. The van der Waals surface area contributed by atoms with Crippen LogP contribution in [0.4, 0.5) is 0 Å². The van der Waals surface area contributed by atoms with Gasteiger partial charge in [-0.05, 0) is 55.9 Å². The molecule has 1 aromatic carbocycles. The molecule has 1 N–H and O–H groups in total. The predicted molar refractivity (Wildman–Crippen MR) is 71.9 cm³/mol. The molecule has 0 atom stereocenters. The Morgan fingerprint density at radius 1 is 0.938 bits per heavy atom. The minimum Gasteiger partial charge on any atom is -0.310 e. The normalized spacial score (nSPS) is 11.1. The second-order valence-electron chi connectivity index (χ2n) is 4.76. The second kappa shape index (κ2) is 6.05. The van der Waals surface area contributed by atoms with E-state index in [9.17, 15) is 0 Å². The lowest BCUT2D eigenvalue weighted by Gasteiger charge is -2.16. The average Bonchev–Trinajstić information content (AvgIpc) is 2.26. The summed E-state index contributed by atoms with van der Waals surface area (Å²) in [5.74, 6) is 0. The summed E-state index contributed by atoms with van der Waals surface area (Å²) in [6.07, 6.45) is 2.42. The molecule has 1 nitrogen and oxygen atoms in total. The van der Waals surface area contributed by atoms with Crippen molar-refractivity contribution in [2.45, 2.75) is 60.0 Å². The van der Waals surface area contributed by atoms with Crippen molar-refractivity contribution in [2.75, 3.05) is 0 Å². The minimum absolute atomic E-state index is 0.654. The van der Waals surface area contributed by atoms with E-state index in [1.54, 1.807) is 0 Å². The first-order chi connectivity index (χ1) is 7.58. The van der Waals surface area contributed by atoms with E-state index < -0.39 is 0 Å². The van der Waals surface area contributed by atoms with E-state index in [0.29, 0.717) is 6.04 Å². The Bertz CT molecular complexity index is 338. The Labute approximate surface area is 100 Å². The lowest BCUT2D eigenvalue weighted by molar-refractivity contribution is 0.483. The summed E-state index contributed by atoms with van der Waals surface area (Å²) in [4.78, 5) is 0. The molecule has 1 heteroatoms. The molecular formula is C15H25N. The fourth-order valence-corrected chi connectivity index (χ4v) is 2.04. The van der Waals surface area contributed by atoms with E-state index in [0.717, 1.165) is 6.54 Å². The van der Waals surface area contributed by atoms with E-state index in [1.807, 2.05) is 0 Å². The number of rotatable bonds is 5. The molecule has 0 amide bonds. The van der Waals surface area contributed by atoms with Gasteiger partial charge in [-0.25, -0.2) is 0 Å². The fraction of sp³-hybridized carbons (Fsp3) is 0.600. The topological polar surface area (TPSA) is 12.0 Å². The van der Waals surface area contributed by atoms with Crippen LogP contribution in [-0.2, 0) is 6.54 Å². The van der Waals surface area contributed by atoms with Gasteiger partial charge in [0.2, 0.25) is 0 Å². The molecule has 90 valence electrons.